The third-order valence-corrected chi connectivity index (χ3v) is 5.57. The molecule has 1 aliphatic heterocycles. The first-order valence-electron chi connectivity index (χ1n) is 10.2. The zero-order valence-electron chi connectivity index (χ0n) is 17.9. The number of H-pyrrole nitrogens is 1. The van der Waals surface area contributed by atoms with Crippen molar-refractivity contribution >= 4 is 28.3 Å². The molecule has 0 saturated heterocycles. The quantitative estimate of drug-likeness (QED) is 0.682. The molecule has 0 bridgehead atoms. The SMILES string of the molecule is Cc1cc(C2=CCCN(C(=O)CCn3ccnn3)C2)c(F)c2[nH]c(C(=O)N(C)C)cc12. The third kappa shape index (κ3) is 4.08. The first-order valence-corrected chi connectivity index (χ1v) is 10.2. The van der Waals surface area contributed by atoms with Crippen molar-refractivity contribution in [2.24, 2.45) is 0 Å². The topological polar surface area (TPSA) is 87.1 Å². The highest BCUT2D eigenvalue weighted by atomic mass is 19.1. The van der Waals surface area contributed by atoms with Gasteiger partial charge in [-0.2, -0.15) is 0 Å². The van der Waals surface area contributed by atoms with Crippen molar-refractivity contribution in [3.63, 3.8) is 0 Å². The number of carbonyl (C=O) groups excluding carboxylic acids is 2. The highest BCUT2D eigenvalue weighted by Crippen LogP contribution is 2.31. The van der Waals surface area contributed by atoms with Gasteiger partial charge in [0.25, 0.3) is 5.91 Å². The molecule has 1 N–H and O–H groups in total. The van der Waals surface area contributed by atoms with Gasteiger partial charge in [0.2, 0.25) is 5.91 Å². The highest BCUT2D eigenvalue weighted by Gasteiger charge is 2.23. The van der Waals surface area contributed by atoms with Gasteiger partial charge >= 0.3 is 0 Å². The average Bonchev–Trinajstić information content (AvgIpc) is 3.44. The molecule has 8 nitrogen and oxygen atoms in total. The second-order valence-electron chi connectivity index (χ2n) is 7.98. The number of benzene rings is 1. The molecule has 2 aromatic heterocycles. The van der Waals surface area contributed by atoms with Crippen LogP contribution in [0.1, 0.15) is 34.5 Å². The number of fused-ring (bicyclic) bond motifs is 1. The maximum absolute atomic E-state index is 15.5. The Hall–Kier alpha value is -3.49. The van der Waals surface area contributed by atoms with Crippen LogP contribution in [0.15, 0.2) is 30.6 Å². The molecule has 1 aromatic carbocycles. The maximum atomic E-state index is 15.5. The van der Waals surface area contributed by atoms with Crippen LogP contribution in [0.2, 0.25) is 0 Å². The van der Waals surface area contributed by atoms with E-state index in [0.29, 0.717) is 54.6 Å². The molecular weight excluding hydrogens is 399 g/mol. The Morgan fingerprint density at radius 3 is 2.81 bits per heavy atom. The standard InChI is InChI=1S/C22H25FN6O2/c1-14-11-17(20(23)21-16(14)12-18(25-21)22(31)27(2)3)15-5-4-8-28(13-15)19(30)6-9-29-10-7-24-26-29/h5,7,10-12,25H,4,6,8-9,13H2,1-3H3. The normalized spacial score (nSPS) is 14.1. The lowest BCUT2D eigenvalue weighted by Gasteiger charge is -2.28. The van der Waals surface area contributed by atoms with Gasteiger partial charge in [-0.25, -0.2) is 4.39 Å². The van der Waals surface area contributed by atoms with E-state index >= 15 is 4.39 Å². The van der Waals surface area contributed by atoms with Crippen LogP contribution in [0.5, 0.6) is 0 Å². The minimum atomic E-state index is -0.401. The number of hydrogen-bond acceptors (Lipinski definition) is 4. The van der Waals surface area contributed by atoms with Gasteiger partial charge in [0.1, 0.15) is 5.69 Å². The molecule has 162 valence electrons. The monoisotopic (exact) mass is 424 g/mol. The van der Waals surface area contributed by atoms with E-state index in [2.05, 4.69) is 15.3 Å². The number of aromatic amines is 1. The van der Waals surface area contributed by atoms with Crippen LogP contribution in [0.4, 0.5) is 4.39 Å². The molecule has 0 radical (unpaired) electrons. The molecule has 2 amide bonds. The van der Waals surface area contributed by atoms with E-state index in [1.165, 1.54) is 4.90 Å². The Kier molecular flexibility index (Phi) is 5.58. The number of nitrogens with one attached hydrogen (secondary N) is 1. The smallest absolute Gasteiger partial charge is 0.269 e. The van der Waals surface area contributed by atoms with E-state index in [9.17, 15) is 9.59 Å². The summed E-state index contributed by atoms with van der Waals surface area (Å²) in [5.41, 5.74) is 2.77. The van der Waals surface area contributed by atoms with Crippen molar-refractivity contribution in [3.8, 4) is 0 Å². The molecule has 0 spiro atoms. The Morgan fingerprint density at radius 1 is 1.29 bits per heavy atom. The predicted octanol–water partition coefficient (Wildman–Crippen LogP) is 2.61. The molecule has 0 atom stereocenters. The van der Waals surface area contributed by atoms with Gasteiger partial charge < -0.3 is 14.8 Å². The van der Waals surface area contributed by atoms with Gasteiger partial charge in [-0.3, -0.25) is 14.3 Å². The third-order valence-electron chi connectivity index (χ3n) is 5.57. The zero-order valence-corrected chi connectivity index (χ0v) is 17.9. The van der Waals surface area contributed by atoms with Crippen LogP contribution in [-0.2, 0) is 11.3 Å². The Balaban J connectivity index is 1.57. The molecule has 0 unspecified atom stereocenters. The molecule has 31 heavy (non-hydrogen) atoms. The van der Waals surface area contributed by atoms with Crippen LogP contribution < -0.4 is 0 Å². The largest absolute Gasteiger partial charge is 0.348 e. The fourth-order valence-electron chi connectivity index (χ4n) is 3.89. The fraction of sp³-hybridized carbons (Fsp3) is 0.364. The lowest BCUT2D eigenvalue weighted by Crippen LogP contribution is -2.36. The van der Waals surface area contributed by atoms with E-state index in [-0.39, 0.29) is 11.8 Å². The van der Waals surface area contributed by atoms with Gasteiger partial charge in [0.05, 0.1) is 18.3 Å². The van der Waals surface area contributed by atoms with Crippen LogP contribution in [0.3, 0.4) is 0 Å². The fourth-order valence-corrected chi connectivity index (χ4v) is 3.89. The molecule has 9 heteroatoms. The number of amides is 2. The summed E-state index contributed by atoms with van der Waals surface area (Å²) in [6, 6.07) is 3.49. The average molecular weight is 424 g/mol. The van der Waals surface area contributed by atoms with Crippen LogP contribution in [0, 0.1) is 12.7 Å². The first kappa shape index (κ1) is 20.8. The van der Waals surface area contributed by atoms with Crippen LogP contribution in [-0.4, -0.2) is 68.8 Å². The lowest BCUT2D eigenvalue weighted by atomic mass is 9.96. The summed E-state index contributed by atoms with van der Waals surface area (Å²) in [6.07, 6.45) is 6.25. The van der Waals surface area contributed by atoms with E-state index in [1.54, 1.807) is 48.2 Å². The number of aromatic nitrogens is 4. The Morgan fingerprint density at radius 2 is 2.10 bits per heavy atom. The predicted molar refractivity (Wildman–Crippen MR) is 115 cm³/mol. The van der Waals surface area contributed by atoms with Gasteiger partial charge in [-0.1, -0.05) is 11.3 Å². The van der Waals surface area contributed by atoms with Crippen LogP contribution in [0.25, 0.3) is 16.5 Å². The van der Waals surface area contributed by atoms with E-state index < -0.39 is 5.82 Å². The van der Waals surface area contributed by atoms with Crippen molar-refractivity contribution in [2.45, 2.75) is 26.3 Å². The minimum absolute atomic E-state index is 0.00181. The molecule has 0 saturated carbocycles. The molecule has 4 rings (SSSR count). The number of hydrogen-bond donors (Lipinski definition) is 1. The maximum Gasteiger partial charge on any atom is 0.269 e. The summed E-state index contributed by atoms with van der Waals surface area (Å²) in [6.45, 7) is 3.31. The van der Waals surface area contributed by atoms with Crippen molar-refractivity contribution in [2.75, 3.05) is 27.2 Å². The van der Waals surface area contributed by atoms with Gasteiger partial charge in [-0.05, 0) is 36.6 Å². The van der Waals surface area contributed by atoms with Crippen LogP contribution >= 0.6 is 0 Å². The van der Waals surface area contributed by atoms with Gasteiger partial charge in [-0.15, -0.1) is 5.10 Å². The van der Waals surface area contributed by atoms with Gasteiger partial charge in [0.15, 0.2) is 5.82 Å². The molecular formula is C22H25FN6O2. The first-order chi connectivity index (χ1) is 14.8. The number of halogens is 1. The molecule has 0 aliphatic carbocycles. The minimum Gasteiger partial charge on any atom is -0.348 e. The van der Waals surface area contributed by atoms with Crippen molar-refractivity contribution in [1.29, 1.82) is 0 Å². The summed E-state index contributed by atoms with van der Waals surface area (Å²) in [5.74, 6) is -0.614. The molecule has 3 heterocycles. The highest BCUT2D eigenvalue weighted by molar-refractivity contribution is 5.99. The number of nitrogens with zero attached hydrogens (tertiary/aromatic N) is 5. The van der Waals surface area contributed by atoms with Crippen molar-refractivity contribution < 1.29 is 14.0 Å². The molecule has 1 aliphatic rings. The summed E-state index contributed by atoms with van der Waals surface area (Å²) in [5, 5.41) is 8.30. The van der Waals surface area contributed by atoms with E-state index in [0.717, 1.165) is 11.1 Å². The van der Waals surface area contributed by atoms with Crippen molar-refractivity contribution in [1.82, 2.24) is 29.8 Å². The number of carbonyl (C=O) groups is 2. The number of aryl methyl sites for hydroxylation is 2. The number of rotatable bonds is 5. The van der Waals surface area contributed by atoms with E-state index in [1.807, 2.05) is 13.0 Å². The Labute approximate surface area is 179 Å². The summed E-state index contributed by atoms with van der Waals surface area (Å²) in [4.78, 5) is 31.1. The summed E-state index contributed by atoms with van der Waals surface area (Å²) in [7, 11) is 3.31. The second-order valence-corrected chi connectivity index (χ2v) is 7.98. The molecule has 0 fully saturated rings. The Bertz CT molecular complexity index is 1160. The molecule has 3 aromatic rings. The lowest BCUT2D eigenvalue weighted by molar-refractivity contribution is -0.131. The van der Waals surface area contributed by atoms with Crippen molar-refractivity contribution in [3.05, 3.63) is 53.2 Å². The summed E-state index contributed by atoms with van der Waals surface area (Å²) >= 11 is 0. The zero-order chi connectivity index (χ0) is 22.1. The summed E-state index contributed by atoms with van der Waals surface area (Å²) < 4.78 is 17.1. The second kappa shape index (κ2) is 8.33. The van der Waals surface area contributed by atoms with Gasteiger partial charge in [0, 0.05) is 50.8 Å². The van der Waals surface area contributed by atoms with E-state index in [4.69, 9.17) is 0 Å².